The second-order valence-corrected chi connectivity index (χ2v) is 3.99. The number of aromatic nitrogens is 1. The van der Waals surface area contributed by atoms with Crippen molar-refractivity contribution in [2.24, 2.45) is 0 Å². The molecule has 1 atom stereocenters. The van der Waals surface area contributed by atoms with Gasteiger partial charge >= 0.3 is 12.0 Å². The number of urea groups is 1. The second kappa shape index (κ2) is 6.58. The molecular formula is C12H17N3O3. The van der Waals surface area contributed by atoms with Crippen LogP contribution >= 0.6 is 0 Å². The van der Waals surface area contributed by atoms with Gasteiger partial charge in [0.1, 0.15) is 0 Å². The molecule has 98 valence electrons. The van der Waals surface area contributed by atoms with Crippen LogP contribution in [0.15, 0.2) is 18.3 Å². The SMILES string of the molecule is CCC(CC(=O)O)NC(=O)Nc1ccc(C)nc1. The molecular weight excluding hydrogens is 234 g/mol. The van der Waals surface area contributed by atoms with Crippen LogP contribution in [-0.2, 0) is 4.79 Å². The zero-order valence-electron chi connectivity index (χ0n) is 10.4. The standard InChI is InChI=1S/C12H17N3O3/c1-3-9(6-11(16)17)14-12(18)15-10-5-4-8(2)13-7-10/h4-5,7,9H,3,6H2,1-2H3,(H,16,17)(H2,14,15,18). The molecule has 0 aromatic carbocycles. The predicted molar refractivity (Wildman–Crippen MR) is 67.5 cm³/mol. The van der Waals surface area contributed by atoms with Crippen molar-refractivity contribution in [1.82, 2.24) is 10.3 Å². The van der Waals surface area contributed by atoms with Gasteiger partial charge in [0.25, 0.3) is 0 Å². The van der Waals surface area contributed by atoms with Gasteiger partial charge in [0.15, 0.2) is 0 Å². The number of hydrogen-bond acceptors (Lipinski definition) is 3. The number of carboxylic acids is 1. The minimum absolute atomic E-state index is 0.0872. The number of carbonyl (C=O) groups is 2. The van der Waals surface area contributed by atoms with Gasteiger partial charge in [0.2, 0.25) is 0 Å². The predicted octanol–water partition coefficient (Wildman–Crippen LogP) is 1.76. The van der Waals surface area contributed by atoms with E-state index in [-0.39, 0.29) is 12.5 Å². The Labute approximate surface area is 105 Å². The smallest absolute Gasteiger partial charge is 0.319 e. The van der Waals surface area contributed by atoms with E-state index in [9.17, 15) is 9.59 Å². The lowest BCUT2D eigenvalue weighted by Crippen LogP contribution is -2.38. The van der Waals surface area contributed by atoms with E-state index < -0.39 is 12.0 Å². The van der Waals surface area contributed by atoms with Gasteiger partial charge in [-0.2, -0.15) is 0 Å². The summed E-state index contributed by atoms with van der Waals surface area (Å²) in [6, 6.07) is 2.72. The van der Waals surface area contributed by atoms with Crippen LogP contribution in [0.4, 0.5) is 10.5 Å². The van der Waals surface area contributed by atoms with Crippen molar-refractivity contribution in [3.63, 3.8) is 0 Å². The molecule has 2 amide bonds. The van der Waals surface area contributed by atoms with Crippen molar-refractivity contribution in [2.75, 3.05) is 5.32 Å². The van der Waals surface area contributed by atoms with E-state index in [1.165, 1.54) is 0 Å². The quantitative estimate of drug-likeness (QED) is 0.743. The Hall–Kier alpha value is -2.11. The van der Waals surface area contributed by atoms with Gasteiger partial charge in [0, 0.05) is 11.7 Å². The van der Waals surface area contributed by atoms with Gasteiger partial charge in [-0.15, -0.1) is 0 Å². The molecule has 0 fully saturated rings. The summed E-state index contributed by atoms with van der Waals surface area (Å²) in [6.07, 6.45) is 2.02. The highest BCUT2D eigenvalue weighted by Crippen LogP contribution is 2.05. The van der Waals surface area contributed by atoms with Gasteiger partial charge in [-0.1, -0.05) is 6.92 Å². The summed E-state index contributed by atoms with van der Waals surface area (Å²) in [5, 5.41) is 13.9. The molecule has 6 nitrogen and oxygen atoms in total. The summed E-state index contributed by atoms with van der Waals surface area (Å²) in [6.45, 7) is 3.67. The average molecular weight is 251 g/mol. The zero-order valence-corrected chi connectivity index (χ0v) is 10.4. The Balaban J connectivity index is 2.49. The van der Waals surface area contributed by atoms with Gasteiger partial charge in [-0.25, -0.2) is 4.79 Å². The molecule has 0 spiro atoms. The minimum atomic E-state index is -0.931. The minimum Gasteiger partial charge on any atom is -0.481 e. The van der Waals surface area contributed by atoms with E-state index in [1.54, 1.807) is 18.3 Å². The first-order chi connectivity index (χ1) is 8.51. The first kappa shape index (κ1) is 14.0. The van der Waals surface area contributed by atoms with Gasteiger partial charge in [0.05, 0.1) is 18.3 Å². The Morgan fingerprint density at radius 1 is 1.44 bits per heavy atom. The fourth-order valence-electron chi connectivity index (χ4n) is 1.40. The molecule has 0 saturated carbocycles. The lowest BCUT2D eigenvalue weighted by molar-refractivity contribution is -0.137. The topological polar surface area (TPSA) is 91.3 Å². The number of nitrogens with zero attached hydrogens (tertiary/aromatic N) is 1. The molecule has 0 aliphatic carbocycles. The molecule has 0 aliphatic heterocycles. The number of amides is 2. The lowest BCUT2D eigenvalue weighted by Gasteiger charge is -2.15. The molecule has 18 heavy (non-hydrogen) atoms. The average Bonchev–Trinajstić information content (AvgIpc) is 2.30. The van der Waals surface area contributed by atoms with Crippen molar-refractivity contribution in [1.29, 1.82) is 0 Å². The first-order valence-electron chi connectivity index (χ1n) is 5.73. The molecule has 3 N–H and O–H groups in total. The van der Waals surface area contributed by atoms with E-state index in [0.717, 1.165) is 5.69 Å². The molecule has 1 aromatic heterocycles. The van der Waals surface area contributed by atoms with Crippen molar-refractivity contribution in [3.8, 4) is 0 Å². The normalized spacial score (nSPS) is 11.7. The molecule has 1 rings (SSSR count). The third-order valence-corrected chi connectivity index (χ3v) is 2.42. The van der Waals surface area contributed by atoms with E-state index in [1.807, 2.05) is 13.8 Å². The molecule has 1 heterocycles. The van der Waals surface area contributed by atoms with Crippen LogP contribution < -0.4 is 10.6 Å². The highest BCUT2D eigenvalue weighted by molar-refractivity contribution is 5.89. The number of aryl methyl sites for hydroxylation is 1. The van der Waals surface area contributed by atoms with Crippen molar-refractivity contribution < 1.29 is 14.7 Å². The third kappa shape index (κ3) is 4.82. The van der Waals surface area contributed by atoms with E-state index in [0.29, 0.717) is 12.1 Å². The third-order valence-electron chi connectivity index (χ3n) is 2.42. The summed E-state index contributed by atoms with van der Waals surface area (Å²) in [4.78, 5) is 26.2. The van der Waals surface area contributed by atoms with Gasteiger partial charge < -0.3 is 15.7 Å². The molecule has 0 saturated heterocycles. The Kier molecular flexibility index (Phi) is 5.10. The highest BCUT2D eigenvalue weighted by Gasteiger charge is 2.13. The first-order valence-corrected chi connectivity index (χ1v) is 5.73. The molecule has 0 bridgehead atoms. The molecule has 0 aliphatic rings. The maximum Gasteiger partial charge on any atom is 0.319 e. The number of carbonyl (C=O) groups excluding carboxylic acids is 1. The molecule has 1 aromatic rings. The summed E-state index contributed by atoms with van der Waals surface area (Å²) in [5.74, 6) is -0.931. The number of nitrogens with one attached hydrogen (secondary N) is 2. The van der Waals surface area contributed by atoms with Crippen molar-refractivity contribution >= 4 is 17.7 Å². The Morgan fingerprint density at radius 2 is 2.17 bits per heavy atom. The Bertz CT molecular complexity index is 417. The van der Waals surface area contributed by atoms with Crippen LogP contribution in [0.5, 0.6) is 0 Å². The van der Waals surface area contributed by atoms with Gasteiger partial charge in [-0.3, -0.25) is 9.78 Å². The number of pyridine rings is 1. The van der Waals surface area contributed by atoms with Crippen LogP contribution in [0.3, 0.4) is 0 Å². The monoisotopic (exact) mass is 251 g/mol. The van der Waals surface area contributed by atoms with Gasteiger partial charge in [-0.05, 0) is 25.5 Å². The van der Waals surface area contributed by atoms with Crippen LogP contribution in [0, 0.1) is 6.92 Å². The largest absolute Gasteiger partial charge is 0.481 e. The van der Waals surface area contributed by atoms with Crippen molar-refractivity contribution in [2.45, 2.75) is 32.7 Å². The number of aliphatic carboxylic acids is 1. The van der Waals surface area contributed by atoms with E-state index in [2.05, 4.69) is 15.6 Å². The number of hydrogen-bond donors (Lipinski definition) is 3. The molecule has 0 radical (unpaired) electrons. The van der Waals surface area contributed by atoms with E-state index in [4.69, 9.17) is 5.11 Å². The van der Waals surface area contributed by atoms with Crippen LogP contribution in [0.25, 0.3) is 0 Å². The fourth-order valence-corrected chi connectivity index (χ4v) is 1.40. The maximum absolute atomic E-state index is 11.6. The number of rotatable bonds is 5. The second-order valence-electron chi connectivity index (χ2n) is 3.99. The molecule has 1 unspecified atom stereocenters. The number of carboxylic acid groups (broad SMARTS) is 1. The highest BCUT2D eigenvalue weighted by atomic mass is 16.4. The molecule has 6 heteroatoms. The number of anilines is 1. The zero-order chi connectivity index (χ0) is 13.5. The fraction of sp³-hybridized carbons (Fsp3) is 0.417. The van der Waals surface area contributed by atoms with Crippen LogP contribution in [0.2, 0.25) is 0 Å². The van der Waals surface area contributed by atoms with Crippen LogP contribution in [-0.4, -0.2) is 28.1 Å². The Morgan fingerprint density at radius 3 is 2.67 bits per heavy atom. The summed E-state index contributed by atoms with van der Waals surface area (Å²) >= 11 is 0. The maximum atomic E-state index is 11.6. The van der Waals surface area contributed by atoms with Crippen molar-refractivity contribution in [3.05, 3.63) is 24.0 Å². The summed E-state index contributed by atoms with van der Waals surface area (Å²) in [7, 11) is 0. The van der Waals surface area contributed by atoms with Crippen LogP contribution in [0.1, 0.15) is 25.5 Å². The lowest BCUT2D eigenvalue weighted by atomic mass is 10.1. The summed E-state index contributed by atoms with van der Waals surface area (Å²) < 4.78 is 0. The van der Waals surface area contributed by atoms with E-state index >= 15 is 0 Å². The summed E-state index contributed by atoms with van der Waals surface area (Å²) in [5.41, 5.74) is 1.43.